The summed E-state index contributed by atoms with van der Waals surface area (Å²) >= 11 is 0. The molecule has 0 saturated heterocycles. The van der Waals surface area contributed by atoms with E-state index in [-0.39, 0.29) is 0 Å². The molecular formula is C17H17N3. The van der Waals surface area contributed by atoms with E-state index < -0.39 is 0 Å². The largest absolute Gasteiger partial charge is 0.374 e. The first-order valence-corrected chi connectivity index (χ1v) is 6.64. The van der Waals surface area contributed by atoms with Gasteiger partial charge in [-0.15, -0.1) is 0 Å². The molecular weight excluding hydrogens is 246 g/mol. The third-order valence-electron chi connectivity index (χ3n) is 3.30. The average molecular weight is 263 g/mol. The molecule has 100 valence electrons. The zero-order valence-electron chi connectivity index (χ0n) is 11.7. The summed E-state index contributed by atoms with van der Waals surface area (Å²) in [6.07, 6.45) is 0. The molecule has 0 radical (unpaired) electrons. The number of anilines is 1. The van der Waals surface area contributed by atoms with E-state index in [1.165, 1.54) is 0 Å². The zero-order chi connectivity index (χ0) is 13.9. The van der Waals surface area contributed by atoms with Crippen LogP contribution in [0.15, 0.2) is 60.7 Å². The molecule has 1 aromatic heterocycles. The van der Waals surface area contributed by atoms with Gasteiger partial charge in [-0.1, -0.05) is 60.7 Å². The number of aromatic nitrogens is 2. The number of H-pyrrole nitrogens is 1. The van der Waals surface area contributed by atoms with Crippen molar-refractivity contribution in [1.29, 1.82) is 0 Å². The maximum Gasteiger partial charge on any atom is 0.116 e. The lowest BCUT2D eigenvalue weighted by Crippen LogP contribution is -2.10. The van der Waals surface area contributed by atoms with Crippen LogP contribution in [0.1, 0.15) is 0 Å². The SMILES string of the molecule is CN(C)c1c(-c2ccccc2)n[nH]c1-c1ccccc1. The number of aromatic amines is 1. The highest BCUT2D eigenvalue weighted by molar-refractivity contribution is 5.87. The minimum absolute atomic E-state index is 0.981. The Labute approximate surface area is 118 Å². The summed E-state index contributed by atoms with van der Waals surface area (Å²) in [5, 5.41) is 7.70. The predicted molar refractivity (Wildman–Crippen MR) is 83.8 cm³/mol. The van der Waals surface area contributed by atoms with Crippen LogP contribution in [-0.2, 0) is 0 Å². The van der Waals surface area contributed by atoms with Gasteiger partial charge in [-0.05, 0) is 0 Å². The number of hydrogen-bond donors (Lipinski definition) is 1. The molecule has 0 spiro atoms. The summed E-state index contributed by atoms with van der Waals surface area (Å²) in [6.45, 7) is 0. The molecule has 0 aliphatic rings. The van der Waals surface area contributed by atoms with Crippen LogP contribution in [0.5, 0.6) is 0 Å². The number of nitrogens with zero attached hydrogens (tertiary/aromatic N) is 2. The maximum absolute atomic E-state index is 4.52. The molecule has 2 aromatic carbocycles. The summed E-state index contributed by atoms with van der Waals surface area (Å²) in [6, 6.07) is 20.5. The molecule has 3 nitrogen and oxygen atoms in total. The van der Waals surface area contributed by atoms with Gasteiger partial charge >= 0.3 is 0 Å². The van der Waals surface area contributed by atoms with Crippen molar-refractivity contribution in [2.75, 3.05) is 19.0 Å². The van der Waals surface area contributed by atoms with Gasteiger partial charge in [0.2, 0.25) is 0 Å². The predicted octanol–water partition coefficient (Wildman–Crippen LogP) is 3.81. The summed E-state index contributed by atoms with van der Waals surface area (Å²) in [5.74, 6) is 0. The number of nitrogens with one attached hydrogen (secondary N) is 1. The molecule has 0 unspecified atom stereocenters. The van der Waals surface area contributed by atoms with E-state index in [1.54, 1.807) is 0 Å². The number of rotatable bonds is 3. The Morgan fingerprint density at radius 3 is 1.90 bits per heavy atom. The van der Waals surface area contributed by atoms with Crippen molar-refractivity contribution in [3.8, 4) is 22.5 Å². The van der Waals surface area contributed by atoms with Crippen molar-refractivity contribution in [1.82, 2.24) is 10.2 Å². The highest BCUT2D eigenvalue weighted by Crippen LogP contribution is 2.36. The van der Waals surface area contributed by atoms with Crippen molar-refractivity contribution >= 4 is 5.69 Å². The van der Waals surface area contributed by atoms with Gasteiger partial charge in [0.25, 0.3) is 0 Å². The van der Waals surface area contributed by atoms with Gasteiger partial charge in [-0.25, -0.2) is 0 Å². The third kappa shape index (κ3) is 2.18. The molecule has 20 heavy (non-hydrogen) atoms. The van der Waals surface area contributed by atoms with Crippen LogP contribution in [0, 0.1) is 0 Å². The van der Waals surface area contributed by atoms with Crippen LogP contribution in [0.4, 0.5) is 5.69 Å². The highest BCUT2D eigenvalue weighted by Gasteiger charge is 2.17. The lowest BCUT2D eigenvalue weighted by molar-refractivity contribution is 1.10. The molecule has 0 amide bonds. The number of benzene rings is 2. The minimum Gasteiger partial charge on any atom is -0.374 e. The van der Waals surface area contributed by atoms with E-state index in [0.29, 0.717) is 0 Å². The van der Waals surface area contributed by atoms with E-state index in [4.69, 9.17) is 0 Å². The zero-order valence-corrected chi connectivity index (χ0v) is 11.7. The normalized spacial score (nSPS) is 10.5. The van der Waals surface area contributed by atoms with Crippen LogP contribution in [0.25, 0.3) is 22.5 Å². The van der Waals surface area contributed by atoms with Gasteiger partial charge in [0, 0.05) is 25.2 Å². The molecule has 0 aliphatic carbocycles. The van der Waals surface area contributed by atoms with E-state index >= 15 is 0 Å². The summed E-state index contributed by atoms with van der Waals surface area (Å²) in [4.78, 5) is 2.11. The Morgan fingerprint density at radius 2 is 1.35 bits per heavy atom. The molecule has 0 atom stereocenters. The van der Waals surface area contributed by atoms with Gasteiger partial charge in [0.15, 0.2) is 0 Å². The van der Waals surface area contributed by atoms with Crippen molar-refractivity contribution in [3.63, 3.8) is 0 Å². The van der Waals surface area contributed by atoms with Crippen LogP contribution in [-0.4, -0.2) is 24.3 Å². The Balaban J connectivity index is 2.17. The fraction of sp³-hybridized carbons (Fsp3) is 0.118. The Hall–Kier alpha value is -2.55. The molecule has 3 aromatic rings. The Kier molecular flexibility index (Phi) is 3.25. The topological polar surface area (TPSA) is 31.9 Å². The quantitative estimate of drug-likeness (QED) is 0.779. The van der Waals surface area contributed by atoms with Gasteiger partial charge in [0.1, 0.15) is 5.69 Å². The molecule has 0 bridgehead atoms. The van der Waals surface area contributed by atoms with Gasteiger partial charge < -0.3 is 4.90 Å². The minimum atomic E-state index is 0.981. The van der Waals surface area contributed by atoms with Gasteiger partial charge in [-0.3, -0.25) is 5.10 Å². The van der Waals surface area contributed by atoms with Crippen molar-refractivity contribution < 1.29 is 0 Å². The van der Waals surface area contributed by atoms with E-state index in [1.807, 2.05) is 50.5 Å². The van der Waals surface area contributed by atoms with Crippen LogP contribution in [0.3, 0.4) is 0 Å². The monoisotopic (exact) mass is 263 g/mol. The standard InChI is InChI=1S/C17H17N3/c1-20(2)17-15(13-9-5-3-6-10-13)18-19-16(17)14-11-7-4-8-12-14/h3-12H,1-2H3,(H,18,19). The number of hydrogen-bond acceptors (Lipinski definition) is 2. The summed E-state index contributed by atoms with van der Waals surface area (Å²) < 4.78 is 0. The molecule has 3 rings (SSSR count). The van der Waals surface area contributed by atoms with Crippen molar-refractivity contribution in [2.45, 2.75) is 0 Å². The van der Waals surface area contributed by atoms with Gasteiger partial charge in [-0.2, -0.15) is 5.10 Å². The van der Waals surface area contributed by atoms with Crippen molar-refractivity contribution in [2.24, 2.45) is 0 Å². The highest BCUT2D eigenvalue weighted by atomic mass is 15.2. The lowest BCUT2D eigenvalue weighted by atomic mass is 10.1. The second kappa shape index (κ2) is 5.21. The van der Waals surface area contributed by atoms with Crippen molar-refractivity contribution in [3.05, 3.63) is 60.7 Å². The first kappa shape index (κ1) is 12.5. The fourth-order valence-electron chi connectivity index (χ4n) is 2.37. The van der Waals surface area contributed by atoms with E-state index in [9.17, 15) is 0 Å². The molecule has 1 heterocycles. The lowest BCUT2D eigenvalue weighted by Gasteiger charge is -2.15. The Bertz CT molecular complexity index is 628. The van der Waals surface area contributed by atoms with Gasteiger partial charge in [0.05, 0.1) is 11.4 Å². The molecule has 1 N–H and O–H groups in total. The first-order valence-electron chi connectivity index (χ1n) is 6.64. The fourth-order valence-corrected chi connectivity index (χ4v) is 2.37. The second-order valence-electron chi connectivity index (χ2n) is 4.92. The summed E-state index contributed by atoms with van der Waals surface area (Å²) in [7, 11) is 4.09. The van der Waals surface area contributed by atoms with Crippen LogP contribution >= 0.6 is 0 Å². The molecule has 0 fully saturated rings. The molecule has 3 heteroatoms. The average Bonchev–Trinajstić information content (AvgIpc) is 2.94. The first-order chi connectivity index (χ1) is 9.77. The summed E-state index contributed by atoms with van der Waals surface area (Å²) in [5.41, 5.74) is 5.41. The molecule has 0 saturated carbocycles. The van der Waals surface area contributed by atoms with E-state index in [2.05, 4.69) is 39.4 Å². The molecule has 0 aliphatic heterocycles. The second-order valence-corrected chi connectivity index (χ2v) is 4.92. The van der Waals surface area contributed by atoms with Crippen LogP contribution in [0.2, 0.25) is 0 Å². The van der Waals surface area contributed by atoms with Crippen LogP contribution < -0.4 is 4.90 Å². The Morgan fingerprint density at radius 1 is 0.800 bits per heavy atom. The third-order valence-corrected chi connectivity index (χ3v) is 3.30. The maximum atomic E-state index is 4.52. The van der Waals surface area contributed by atoms with E-state index in [0.717, 1.165) is 28.2 Å². The smallest absolute Gasteiger partial charge is 0.116 e.